The van der Waals surface area contributed by atoms with Crippen molar-refractivity contribution < 1.29 is 14.3 Å². The first-order chi connectivity index (χ1) is 14.2. The summed E-state index contributed by atoms with van der Waals surface area (Å²) in [5, 5.41) is 6.64. The van der Waals surface area contributed by atoms with Gasteiger partial charge in [0.1, 0.15) is 12.4 Å². The average Bonchev–Trinajstić information content (AvgIpc) is 2.72. The SMILES string of the molecule is O=C1CCNC/C=C\COc2ccccc2C(=O)N2CCC(CC2)C2(CCC2)N1. The summed E-state index contributed by atoms with van der Waals surface area (Å²) in [6.45, 7) is 3.24. The number of nitrogens with zero attached hydrogens (tertiary/aromatic N) is 1. The molecule has 1 aromatic rings. The molecule has 2 amide bonds. The molecule has 156 valence electrons. The van der Waals surface area contributed by atoms with E-state index in [1.165, 1.54) is 6.42 Å². The lowest BCUT2D eigenvalue weighted by atomic mass is 9.65. The van der Waals surface area contributed by atoms with Crippen LogP contribution in [-0.2, 0) is 4.79 Å². The van der Waals surface area contributed by atoms with Gasteiger partial charge in [-0.15, -0.1) is 0 Å². The number of para-hydroxylation sites is 1. The summed E-state index contributed by atoms with van der Waals surface area (Å²) in [5.74, 6) is 1.27. The van der Waals surface area contributed by atoms with Crippen LogP contribution in [0.25, 0.3) is 0 Å². The predicted molar refractivity (Wildman–Crippen MR) is 112 cm³/mol. The monoisotopic (exact) mass is 397 g/mol. The van der Waals surface area contributed by atoms with Crippen molar-refractivity contribution in [3.63, 3.8) is 0 Å². The van der Waals surface area contributed by atoms with Crippen molar-refractivity contribution in [3.8, 4) is 5.75 Å². The van der Waals surface area contributed by atoms with E-state index in [0.717, 1.165) is 38.8 Å². The zero-order valence-electron chi connectivity index (χ0n) is 17.0. The van der Waals surface area contributed by atoms with Crippen LogP contribution in [0.5, 0.6) is 5.75 Å². The fraction of sp³-hybridized carbons (Fsp3) is 0.565. The van der Waals surface area contributed by atoms with Crippen molar-refractivity contribution in [3.05, 3.63) is 42.0 Å². The Morgan fingerprint density at radius 2 is 1.86 bits per heavy atom. The standard InChI is InChI=1S/C23H31N3O3/c27-21-8-14-24-13-3-4-17-29-20-7-2-1-6-19(20)22(28)26-15-9-18(10-16-26)23(25-21)11-5-12-23/h1-4,6-7,18,24H,5,8-17H2,(H,25,27)/b4-3-. The van der Waals surface area contributed by atoms with E-state index in [-0.39, 0.29) is 17.4 Å². The largest absolute Gasteiger partial charge is 0.489 e. The molecule has 1 aliphatic carbocycles. The number of hydrogen-bond donors (Lipinski definition) is 2. The highest BCUT2D eigenvalue weighted by Gasteiger charge is 2.46. The Labute approximate surface area is 172 Å². The molecular weight excluding hydrogens is 366 g/mol. The Balaban J connectivity index is 1.52. The van der Waals surface area contributed by atoms with Crippen LogP contribution in [0, 0.1) is 5.92 Å². The molecule has 2 N–H and O–H groups in total. The van der Waals surface area contributed by atoms with Crippen molar-refractivity contribution >= 4 is 11.8 Å². The van der Waals surface area contributed by atoms with Gasteiger partial charge in [0.25, 0.3) is 5.91 Å². The van der Waals surface area contributed by atoms with Crippen molar-refractivity contribution in [2.45, 2.75) is 44.1 Å². The van der Waals surface area contributed by atoms with Crippen LogP contribution < -0.4 is 15.4 Å². The molecule has 29 heavy (non-hydrogen) atoms. The molecule has 2 fully saturated rings. The van der Waals surface area contributed by atoms with Gasteiger partial charge in [-0.25, -0.2) is 0 Å². The number of nitrogens with one attached hydrogen (secondary N) is 2. The zero-order valence-corrected chi connectivity index (χ0v) is 17.0. The molecule has 1 aromatic carbocycles. The molecule has 3 heterocycles. The fourth-order valence-corrected chi connectivity index (χ4v) is 4.78. The second-order valence-electron chi connectivity index (χ2n) is 8.36. The van der Waals surface area contributed by atoms with Crippen LogP contribution >= 0.6 is 0 Å². The normalized spacial score (nSPS) is 24.6. The van der Waals surface area contributed by atoms with Crippen LogP contribution in [0.2, 0.25) is 0 Å². The van der Waals surface area contributed by atoms with Crippen LogP contribution in [0.15, 0.2) is 36.4 Å². The summed E-state index contributed by atoms with van der Waals surface area (Å²) >= 11 is 0. The number of fused-ring (bicyclic) bond motifs is 10. The van der Waals surface area contributed by atoms with Crippen LogP contribution in [0.3, 0.4) is 0 Å². The van der Waals surface area contributed by atoms with E-state index in [1.54, 1.807) is 0 Å². The number of ether oxygens (including phenoxy) is 1. The van der Waals surface area contributed by atoms with E-state index < -0.39 is 0 Å². The topological polar surface area (TPSA) is 70.7 Å². The Kier molecular flexibility index (Phi) is 6.19. The van der Waals surface area contributed by atoms with Gasteiger partial charge in [0, 0.05) is 38.1 Å². The first kappa shape index (κ1) is 20.0. The average molecular weight is 398 g/mol. The third-order valence-corrected chi connectivity index (χ3v) is 6.61. The molecule has 1 saturated heterocycles. The number of piperidine rings is 1. The highest BCUT2D eigenvalue weighted by Crippen LogP contribution is 2.43. The molecule has 4 aliphatic rings. The van der Waals surface area contributed by atoms with Gasteiger partial charge in [0.05, 0.1) is 5.56 Å². The molecule has 3 aliphatic heterocycles. The maximum absolute atomic E-state index is 13.1. The highest BCUT2D eigenvalue weighted by molar-refractivity contribution is 5.97. The molecule has 0 aromatic heterocycles. The summed E-state index contributed by atoms with van der Waals surface area (Å²) < 4.78 is 5.86. The van der Waals surface area contributed by atoms with Crippen LogP contribution in [-0.4, -0.2) is 55.0 Å². The molecule has 0 radical (unpaired) electrons. The van der Waals surface area contributed by atoms with Crippen molar-refractivity contribution in [2.75, 3.05) is 32.8 Å². The van der Waals surface area contributed by atoms with Gasteiger partial charge in [-0.05, 0) is 50.2 Å². The molecule has 2 bridgehead atoms. The van der Waals surface area contributed by atoms with Gasteiger partial charge >= 0.3 is 0 Å². The van der Waals surface area contributed by atoms with Gasteiger partial charge in [-0.2, -0.15) is 0 Å². The summed E-state index contributed by atoms with van der Waals surface area (Å²) in [6, 6.07) is 7.50. The minimum atomic E-state index is -0.0570. The molecular formula is C23H31N3O3. The third kappa shape index (κ3) is 4.47. The molecule has 0 atom stereocenters. The molecule has 5 rings (SSSR count). The van der Waals surface area contributed by atoms with Crippen LogP contribution in [0.4, 0.5) is 0 Å². The number of hydrogen-bond acceptors (Lipinski definition) is 4. The summed E-state index contributed by atoms with van der Waals surface area (Å²) in [6.07, 6.45) is 9.60. The molecule has 0 unspecified atom stereocenters. The van der Waals surface area contributed by atoms with E-state index in [1.807, 2.05) is 41.3 Å². The molecule has 1 saturated carbocycles. The van der Waals surface area contributed by atoms with Crippen LogP contribution in [0.1, 0.15) is 48.9 Å². The first-order valence-electron chi connectivity index (χ1n) is 10.9. The maximum Gasteiger partial charge on any atom is 0.257 e. The summed E-state index contributed by atoms with van der Waals surface area (Å²) in [5.41, 5.74) is 0.573. The molecule has 6 heteroatoms. The van der Waals surface area contributed by atoms with Gasteiger partial charge in [-0.1, -0.05) is 24.3 Å². The van der Waals surface area contributed by atoms with E-state index in [0.29, 0.717) is 43.3 Å². The van der Waals surface area contributed by atoms with Gasteiger partial charge in [0.2, 0.25) is 5.91 Å². The highest BCUT2D eigenvalue weighted by atomic mass is 16.5. The number of carbonyl (C=O) groups excluding carboxylic acids is 2. The second kappa shape index (κ2) is 8.99. The predicted octanol–water partition coefficient (Wildman–Crippen LogP) is 2.51. The van der Waals surface area contributed by atoms with E-state index in [2.05, 4.69) is 10.6 Å². The Bertz CT molecular complexity index is 764. The third-order valence-electron chi connectivity index (χ3n) is 6.61. The Morgan fingerprint density at radius 1 is 1.07 bits per heavy atom. The summed E-state index contributed by atoms with van der Waals surface area (Å²) in [4.78, 5) is 27.6. The van der Waals surface area contributed by atoms with Gasteiger partial charge in [-0.3, -0.25) is 9.59 Å². The molecule has 1 spiro atoms. The fourth-order valence-electron chi connectivity index (χ4n) is 4.78. The van der Waals surface area contributed by atoms with E-state index in [4.69, 9.17) is 4.74 Å². The van der Waals surface area contributed by atoms with Crippen molar-refractivity contribution in [1.29, 1.82) is 0 Å². The number of carbonyl (C=O) groups is 2. The number of benzene rings is 1. The smallest absolute Gasteiger partial charge is 0.257 e. The van der Waals surface area contributed by atoms with Crippen molar-refractivity contribution in [2.24, 2.45) is 5.92 Å². The Morgan fingerprint density at radius 3 is 2.62 bits per heavy atom. The lowest BCUT2D eigenvalue weighted by Crippen LogP contribution is -2.60. The molecule has 6 nitrogen and oxygen atoms in total. The second-order valence-corrected chi connectivity index (χ2v) is 8.36. The minimum absolute atomic E-state index is 0.0394. The minimum Gasteiger partial charge on any atom is -0.489 e. The van der Waals surface area contributed by atoms with Crippen molar-refractivity contribution in [1.82, 2.24) is 15.5 Å². The van der Waals surface area contributed by atoms with Gasteiger partial charge < -0.3 is 20.3 Å². The lowest BCUT2D eigenvalue weighted by molar-refractivity contribution is -0.125. The first-order valence-corrected chi connectivity index (χ1v) is 10.9. The maximum atomic E-state index is 13.1. The van der Waals surface area contributed by atoms with Gasteiger partial charge in [0.15, 0.2) is 0 Å². The number of rotatable bonds is 0. The number of amides is 2. The zero-order chi connectivity index (χ0) is 20.1. The summed E-state index contributed by atoms with van der Waals surface area (Å²) in [7, 11) is 0. The Hall–Kier alpha value is -2.34. The van der Waals surface area contributed by atoms with E-state index >= 15 is 0 Å². The van der Waals surface area contributed by atoms with E-state index in [9.17, 15) is 9.59 Å². The quantitative estimate of drug-likeness (QED) is 0.660. The lowest BCUT2D eigenvalue weighted by Gasteiger charge is -2.51.